The normalized spacial score (nSPS) is 10.5. The molecule has 1 aromatic heterocycles. The van der Waals surface area contributed by atoms with Crippen LogP contribution in [0.15, 0.2) is 34.9 Å². The minimum Gasteiger partial charge on any atom is -0.467 e. The highest BCUT2D eigenvalue weighted by atomic mass is 35.5. The Hall–Kier alpha value is -1.65. The molecule has 0 aliphatic rings. The van der Waals surface area contributed by atoms with Gasteiger partial charge >= 0.3 is 0 Å². The molecule has 0 bridgehead atoms. The molecule has 0 radical (unpaired) electrons. The van der Waals surface area contributed by atoms with E-state index >= 15 is 0 Å². The van der Waals surface area contributed by atoms with Gasteiger partial charge in [0.25, 0.3) is 5.91 Å². The van der Waals surface area contributed by atoms with Crippen molar-refractivity contribution in [3.63, 3.8) is 0 Å². The molecule has 1 heterocycles. The summed E-state index contributed by atoms with van der Waals surface area (Å²) in [5.74, 6) is 0.491. The van der Waals surface area contributed by atoms with Gasteiger partial charge in [-0.1, -0.05) is 23.2 Å². The third kappa shape index (κ3) is 3.03. The average molecular weight is 299 g/mol. The van der Waals surface area contributed by atoms with Crippen LogP contribution >= 0.6 is 23.2 Å². The predicted octanol–water partition coefficient (Wildman–Crippen LogP) is 3.44. The maximum Gasteiger partial charge on any atom is 0.254 e. The number of nitrogens with zero attached hydrogens (tertiary/aromatic N) is 1. The summed E-state index contributed by atoms with van der Waals surface area (Å²) in [5.41, 5.74) is 6.36. The molecule has 0 spiro atoms. The molecule has 2 N–H and O–H groups in total. The molecule has 2 rings (SSSR count). The van der Waals surface area contributed by atoms with E-state index in [0.717, 1.165) is 0 Å². The van der Waals surface area contributed by atoms with Gasteiger partial charge in [-0.2, -0.15) is 0 Å². The SMILES string of the molecule is CN(Cc1ccco1)C(=O)c1cc(N)c(Cl)c(Cl)c1. The minimum atomic E-state index is -0.207. The summed E-state index contributed by atoms with van der Waals surface area (Å²) < 4.78 is 5.19. The van der Waals surface area contributed by atoms with Crippen LogP contribution in [0.25, 0.3) is 0 Å². The lowest BCUT2D eigenvalue weighted by Gasteiger charge is -2.16. The molecule has 1 amide bonds. The number of amides is 1. The number of anilines is 1. The van der Waals surface area contributed by atoms with Gasteiger partial charge in [-0.3, -0.25) is 4.79 Å². The van der Waals surface area contributed by atoms with E-state index in [4.69, 9.17) is 33.4 Å². The zero-order valence-electron chi connectivity index (χ0n) is 10.2. The van der Waals surface area contributed by atoms with Gasteiger partial charge in [-0.25, -0.2) is 0 Å². The number of carbonyl (C=O) groups excluding carboxylic acids is 1. The van der Waals surface area contributed by atoms with Crippen molar-refractivity contribution in [3.05, 3.63) is 51.9 Å². The van der Waals surface area contributed by atoms with Crippen molar-refractivity contribution in [2.45, 2.75) is 6.54 Å². The molecule has 19 heavy (non-hydrogen) atoms. The van der Waals surface area contributed by atoms with Gasteiger partial charge in [0.1, 0.15) is 5.76 Å². The summed E-state index contributed by atoms with van der Waals surface area (Å²) in [4.78, 5) is 13.7. The van der Waals surface area contributed by atoms with Crippen LogP contribution in [0, 0.1) is 0 Å². The monoisotopic (exact) mass is 298 g/mol. The number of carbonyl (C=O) groups is 1. The van der Waals surface area contributed by atoms with E-state index in [1.54, 1.807) is 25.4 Å². The van der Waals surface area contributed by atoms with Crippen molar-refractivity contribution in [2.75, 3.05) is 12.8 Å². The summed E-state index contributed by atoms with van der Waals surface area (Å²) in [7, 11) is 1.67. The summed E-state index contributed by atoms with van der Waals surface area (Å²) in [6.07, 6.45) is 1.56. The number of hydrogen-bond donors (Lipinski definition) is 1. The molecule has 100 valence electrons. The fourth-order valence-electron chi connectivity index (χ4n) is 1.66. The van der Waals surface area contributed by atoms with Gasteiger partial charge in [-0.05, 0) is 24.3 Å². The maximum absolute atomic E-state index is 12.2. The van der Waals surface area contributed by atoms with Gasteiger partial charge in [0, 0.05) is 12.6 Å². The molecule has 6 heteroatoms. The van der Waals surface area contributed by atoms with Crippen LogP contribution in [0.2, 0.25) is 10.0 Å². The third-order valence-corrected chi connectivity index (χ3v) is 3.44. The second-order valence-electron chi connectivity index (χ2n) is 4.10. The number of hydrogen-bond acceptors (Lipinski definition) is 3. The lowest BCUT2D eigenvalue weighted by atomic mass is 10.1. The third-order valence-electron chi connectivity index (χ3n) is 2.62. The van der Waals surface area contributed by atoms with E-state index in [9.17, 15) is 4.79 Å². The average Bonchev–Trinajstić information content (AvgIpc) is 2.87. The van der Waals surface area contributed by atoms with Crippen LogP contribution < -0.4 is 5.73 Å². The standard InChI is InChI=1S/C13H12Cl2N2O2/c1-17(7-9-3-2-4-19-9)13(18)8-5-10(14)12(15)11(16)6-8/h2-6H,7,16H2,1H3. The minimum absolute atomic E-state index is 0.207. The molecule has 0 fully saturated rings. The largest absolute Gasteiger partial charge is 0.467 e. The Morgan fingerprint density at radius 1 is 1.42 bits per heavy atom. The quantitative estimate of drug-likeness (QED) is 0.883. The molecule has 0 aliphatic heterocycles. The molecule has 1 aromatic carbocycles. The van der Waals surface area contributed by atoms with Gasteiger partial charge in [0.2, 0.25) is 0 Å². The number of halogens is 2. The second kappa shape index (κ2) is 5.55. The Morgan fingerprint density at radius 2 is 2.16 bits per heavy atom. The van der Waals surface area contributed by atoms with Crippen molar-refractivity contribution in [3.8, 4) is 0 Å². The smallest absolute Gasteiger partial charge is 0.254 e. The summed E-state index contributed by atoms with van der Waals surface area (Å²) in [6.45, 7) is 0.367. The summed E-state index contributed by atoms with van der Waals surface area (Å²) in [6, 6.07) is 6.58. The lowest BCUT2D eigenvalue weighted by Crippen LogP contribution is -2.26. The van der Waals surface area contributed by atoms with E-state index in [1.807, 2.05) is 0 Å². The first-order valence-corrected chi connectivity index (χ1v) is 6.27. The highest BCUT2D eigenvalue weighted by Gasteiger charge is 2.16. The van der Waals surface area contributed by atoms with Crippen molar-refractivity contribution in [1.29, 1.82) is 0 Å². The van der Waals surface area contributed by atoms with Gasteiger partial charge in [0.15, 0.2) is 0 Å². The Balaban J connectivity index is 2.19. The first-order valence-electron chi connectivity index (χ1n) is 5.51. The first-order chi connectivity index (χ1) is 8.99. The predicted molar refractivity (Wildman–Crippen MR) is 75.4 cm³/mol. The van der Waals surface area contributed by atoms with Crippen molar-refractivity contribution in [2.24, 2.45) is 0 Å². The summed E-state index contributed by atoms with van der Waals surface area (Å²) in [5, 5.41) is 0.517. The van der Waals surface area contributed by atoms with Crippen molar-refractivity contribution >= 4 is 34.8 Å². The zero-order valence-corrected chi connectivity index (χ0v) is 11.7. The molecule has 2 aromatic rings. The Kier molecular flexibility index (Phi) is 4.02. The van der Waals surface area contributed by atoms with E-state index in [1.165, 1.54) is 17.0 Å². The van der Waals surface area contributed by atoms with Crippen molar-refractivity contribution in [1.82, 2.24) is 4.90 Å². The maximum atomic E-state index is 12.2. The van der Waals surface area contributed by atoms with Crippen LogP contribution in [0.1, 0.15) is 16.1 Å². The molecular formula is C13H12Cl2N2O2. The van der Waals surface area contributed by atoms with Gasteiger partial charge in [0.05, 0.1) is 28.5 Å². The van der Waals surface area contributed by atoms with Crippen LogP contribution in [-0.2, 0) is 6.54 Å². The molecule has 0 aliphatic carbocycles. The number of furan rings is 1. The highest BCUT2D eigenvalue weighted by Crippen LogP contribution is 2.29. The van der Waals surface area contributed by atoms with E-state index in [-0.39, 0.29) is 21.6 Å². The molecular weight excluding hydrogens is 287 g/mol. The molecule has 0 unspecified atom stereocenters. The molecule has 0 saturated heterocycles. The van der Waals surface area contributed by atoms with E-state index in [2.05, 4.69) is 0 Å². The van der Waals surface area contributed by atoms with E-state index in [0.29, 0.717) is 17.9 Å². The van der Waals surface area contributed by atoms with Gasteiger partial charge in [-0.15, -0.1) is 0 Å². The lowest BCUT2D eigenvalue weighted by molar-refractivity contribution is 0.0775. The zero-order chi connectivity index (χ0) is 14.0. The topological polar surface area (TPSA) is 59.5 Å². The second-order valence-corrected chi connectivity index (χ2v) is 4.89. The van der Waals surface area contributed by atoms with Crippen LogP contribution in [0.4, 0.5) is 5.69 Å². The molecule has 0 atom stereocenters. The van der Waals surface area contributed by atoms with Crippen LogP contribution in [-0.4, -0.2) is 17.9 Å². The highest BCUT2D eigenvalue weighted by molar-refractivity contribution is 6.43. The van der Waals surface area contributed by atoms with E-state index < -0.39 is 0 Å². The Bertz CT molecular complexity index is 574. The number of nitrogen functional groups attached to an aromatic ring is 1. The Labute approximate surface area is 120 Å². The number of rotatable bonds is 3. The fourth-order valence-corrected chi connectivity index (χ4v) is 2.00. The molecule has 0 saturated carbocycles. The summed E-state index contributed by atoms with van der Waals surface area (Å²) >= 11 is 11.8. The fraction of sp³-hybridized carbons (Fsp3) is 0.154. The van der Waals surface area contributed by atoms with Crippen LogP contribution in [0.5, 0.6) is 0 Å². The molecule has 4 nitrogen and oxygen atoms in total. The number of nitrogens with two attached hydrogens (primary N) is 1. The first kappa shape index (κ1) is 13.8. The van der Waals surface area contributed by atoms with Crippen molar-refractivity contribution < 1.29 is 9.21 Å². The van der Waals surface area contributed by atoms with Crippen LogP contribution in [0.3, 0.4) is 0 Å². The Morgan fingerprint density at radius 3 is 2.74 bits per heavy atom. The van der Waals surface area contributed by atoms with Gasteiger partial charge < -0.3 is 15.1 Å². The number of benzene rings is 1.